The summed E-state index contributed by atoms with van der Waals surface area (Å²) in [5, 5.41) is 6.08. The van der Waals surface area contributed by atoms with E-state index in [4.69, 9.17) is 0 Å². The van der Waals surface area contributed by atoms with Gasteiger partial charge in [0, 0.05) is 35.7 Å². The van der Waals surface area contributed by atoms with Crippen LogP contribution in [0.25, 0.3) is 0 Å². The first-order chi connectivity index (χ1) is 9.92. The molecule has 0 unspecified atom stereocenters. The molecule has 0 heterocycles. The van der Waals surface area contributed by atoms with Gasteiger partial charge in [-0.05, 0) is 37.1 Å². The first kappa shape index (κ1) is 17.6. The Kier molecular flexibility index (Phi) is 7.29. The molecule has 116 valence electrons. The van der Waals surface area contributed by atoms with E-state index in [1.54, 1.807) is 0 Å². The SMILES string of the molecule is CC[C@@H](C)Sc1ccc(NC(=O)CCNC(C)=O)c(C)c1. The van der Waals surface area contributed by atoms with Gasteiger partial charge in [-0.3, -0.25) is 9.59 Å². The molecule has 21 heavy (non-hydrogen) atoms. The first-order valence-electron chi connectivity index (χ1n) is 7.24. The minimum atomic E-state index is -0.120. The number of amides is 2. The average molecular weight is 308 g/mol. The van der Waals surface area contributed by atoms with Crippen molar-refractivity contribution in [2.45, 2.75) is 50.7 Å². The maximum absolute atomic E-state index is 11.8. The summed E-state index contributed by atoms with van der Waals surface area (Å²) < 4.78 is 0. The monoisotopic (exact) mass is 308 g/mol. The zero-order chi connectivity index (χ0) is 15.8. The zero-order valence-electron chi connectivity index (χ0n) is 13.2. The molecule has 0 spiro atoms. The Hall–Kier alpha value is -1.49. The van der Waals surface area contributed by atoms with E-state index < -0.39 is 0 Å². The lowest BCUT2D eigenvalue weighted by atomic mass is 10.2. The van der Waals surface area contributed by atoms with E-state index >= 15 is 0 Å². The van der Waals surface area contributed by atoms with Crippen LogP contribution < -0.4 is 10.6 Å². The van der Waals surface area contributed by atoms with Crippen LogP contribution >= 0.6 is 11.8 Å². The van der Waals surface area contributed by atoms with Crippen molar-refractivity contribution in [1.82, 2.24) is 5.32 Å². The lowest BCUT2D eigenvalue weighted by molar-refractivity contribution is -0.119. The second-order valence-electron chi connectivity index (χ2n) is 5.09. The second kappa shape index (κ2) is 8.72. The first-order valence-corrected chi connectivity index (χ1v) is 8.12. The molecule has 0 fully saturated rings. The third-order valence-corrected chi connectivity index (χ3v) is 4.37. The quantitative estimate of drug-likeness (QED) is 0.759. The Morgan fingerprint density at radius 3 is 2.62 bits per heavy atom. The van der Waals surface area contributed by atoms with Gasteiger partial charge in [-0.1, -0.05) is 13.8 Å². The van der Waals surface area contributed by atoms with Gasteiger partial charge in [0.05, 0.1) is 0 Å². The number of rotatable bonds is 7. The fourth-order valence-corrected chi connectivity index (χ4v) is 2.75. The zero-order valence-corrected chi connectivity index (χ0v) is 14.0. The van der Waals surface area contributed by atoms with Crippen LogP contribution in [0.15, 0.2) is 23.1 Å². The minimum absolute atomic E-state index is 0.0887. The predicted molar refractivity (Wildman–Crippen MR) is 88.7 cm³/mol. The van der Waals surface area contributed by atoms with Crippen LogP contribution in [0.1, 0.15) is 39.2 Å². The van der Waals surface area contributed by atoms with Gasteiger partial charge in [0.2, 0.25) is 11.8 Å². The molecule has 0 saturated carbocycles. The fourth-order valence-electron chi connectivity index (χ4n) is 1.73. The normalized spacial score (nSPS) is 11.8. The number of hydrogen-bond acceptors (Lipinski definition) is 3. The van der Waals surface area contributed by atoms with Gasteiger partial charge < -0.3 is 10.6 Å². The molecule has 0 aliphatic heterocycles. The van der Waals surface area contributed by atoms with Crippen molar-refractivity contribution in [1.29, 1.82) is 0 Å². The third-order valence-electron chi connectivity index (χ3n) is 3.11. The largest absolute Gasteiger partial charge is 0.356 e. The number of carbonyl (C=O) groups excluding carboxylic acids is 2. The van der Waals surface area contributed by atoms with Gasteiger partial charge in [0.25, 0.3) is 0 Å². The van der Waals surface area contributed by atoms with Crippen molar-refractivity contribution in [3.63, 3.8) is 0 Å². The van der Waals surface area contributed by atoms with Crippen LogP contribution in [0.2, 0.25) is 0 Å². The van der Waals surface area contributed by atoms with Crippen molar-refractivity contribution in [3.05, 3.63) is 23.8 Å². The maximum Gasteiger partial charge on any atom is 0.226 e. The molecule has 2 amide bonds. The highest BCUT2D eigenvalue weighted by Gasteiger charge is 2.07. The summed E-state index contributed by atoms with van der Waals surface area (Å²) in [5.74, 6) is -0.209. The molecule has 0 saturated heterocycles. The van der Waals surface area contributed by atoms with Gasteiger partial charge >= 0.3 is 0 Å². The number of benzene rings is 1. The molecular formula is C16H24N2O2S. The highest BCUT2D eigenvalue weighted by atomic mass is 32.2. The molecule has 0 bridgehead atoms. The summed E-state index contributed by atoms with van der Waals surface area (Å²) in [6, 6.07) is 6.07. The second-order valence-corrected chi connectivity index (χ2v) is 6.61. The summed E-state index contributed by atoms with van der Waals surface area (Å²) >= 11 is 1.84. The standard InChI is InChI=1S/C16H24N2O2S/c1-5-12(3)21-14-6-7-15(11(2)10-14)18-16(20)8-9-17-13(4)19/h6-7,10,12H,5,8-9H2,1-4H3,(H,17,19)(H,18,20)/t12-/m1/s1. The molecule has 1 aromatic rings. The molecule has 0 radical (unpaired) electrons. The van der Waals surface area contributed by atoms with Crippen LogP contribution in [0.4, 0.5) is 5.69 Å². The topological polar surface area (TPSA) is 58.2 Å². The van der Waals surface area contributed by atoms with Gasteiger partial charge in [0.1, 0.15) is 0 Å². The molecule has 5 heteroatoms. The number of nitrogens with one attached hydrogen (secondary N) is 2. The number of anilines is 1. The van der Waals surface area contributed by atoms with E-state index in [1.165, 1.54) is 11.8 Å². The van der Waals surface area contributed by atoms with Crippen LogP contribution in [0, 0.1) is 6.92 Å². The van der Waals surface area contributed by atoms with Crippen molar-refractivity contribution < 1.29 is 9.59 Å². The molecule has 2 N–H and O–H groups in total. The van der Waals surface area contributed by atoms with Crippen molar-refractivity contribution in [3.8, 4) is 0 Å². The summed E-state index contributed by atoms with van der Waals surface area (Å²) in [4.78, 5) is 23.8. The van der Waals surface area contributed by atoms with Crippen molar-refractivity contribution >= 4 is 29.3 Å². The number of aryl methyl sites for hydroxylation is 1. The Labute approximate surface area is 131 Å². The van der Waals surface area contributed by atoms with E-state index in [0.717, 1.165) is 17.7 Å². The maximum atomic E-state index is 11.8. The number of carbonyl (C=O) groups is 2. The molecule has 0 aliphatic carbocycles. The van der Waals surface area contributed by atoms with Crippen LogP contribution in [0.3, 0.4) is 0 Å². The Morgan fingerprint density at radius 1 is 1.33 bits per heavy atom. The molecule has 0 aliphatic rings. The van der Waals surface area contributed by atoms with E-state index in [0.29, 0.717) is 11.8 Å². The summed E-state index contributed by atoms with van der Waals surface area (Å²) in [6.45, 7) is 8.17. The predicted octanol–water partition coefficient (Wildman–Crippen LogP) is 3.35. The Balaban J connectivity index is 2.55. The minimum Gasteiger partial charge on any atom is -0.356 e. The number of hydrogen-bond donors (Lipinski definition) is 2. The summed E-state index contributed by atoms with van der Waals surface area (Å²) in [5.41, 5.74) is 1.88. The highest BCUT2D eigenvalue weighted by molar-refractivity contribution is 7.99. The van der Waals surface area contributed by atoms with E-state index in [-0.39, 0.29) is 18.2 Å². The van der Waals surface area contributed by atoms with E-state index in [1.807, 2.05) is 30.8 Å². The van der Waals surface area contributed by atoms with Crippen molar-refractivity contribution in [2.24, 2.45) is 0 Å². The van der Waals surface area contributed by atoms with E-state index in [9.17, 15) is 9.59 Å². The van der Waals surface area contributed by atoms with Gasteiger partial charge in [-0.15, -0.1) is 11.8 Å². The Bertz CT molecular complexity index is 503. The van der Waals surface area contributed by atoms with Gasteiger partial charge in [0.15, 0.2) is 0 Å². The summed E-state index contributed by atoms with van der Waals surface area (Å²) in [7, 11) is 0. The molecule has 4 nitrogen and oxygen atoms in total. The molecule has 1 atom stereocenters. The van der Waals surface area contributed by atoms with Crippen LogP contribution in [-0.4, -0.2) is 23.6 Å². The lowest BCUT2D eigenvalue weighted by Crippen LogP contribution is -2.25. The lowest BCUT2D eigenvalue weighted by Gasteiger charge is -2.12. The number of thioether (sulfide) groups is 1. The van der Waals surface area contributed by atoms with Crippen molar-refractivity contribution in [2.75, 3.05) is 11.9 Å². The Morgan fingerprint density at radius 2 is 2.05 bits per heavy atom. The van der Waals surface area contributed by atoms with Gasteiger partial charge in [-0.25, -0.2) is 0 Å². The van der Waals surface area contributed by atoms with Gasteiger partial charge in [-0.2, -0.15) is 0 Å². The van der Waals surface area contributed by atoms with Crippen LogP contribution in [-0.2, 0) is 9.59 Å². The average Bonchev–Trinajstić information content (AvgIpc) is 2.41. The molecule has 0 aromatic heterocycles. The fraction of sp³-hybridized carbons (Fsp3) is 0.500. The highest BCUT2D eigenvalue weighted by Crippen LogP contribution is 2.28. The van der Waals surface area contributed by atoms with Crippen LogP contribution in [0.5, 0.6) is 0 Å². The molecular weight excluding hydrogens is 284 g/mol. The summed E-state index contributed by atoms with van der Waals surface area (Å²) in [6.07, 6.45) is 1.41. The van der Waals surface area contributed by atoms with E-state index in [2.05, 4.69) is 30.5 Å². The molecule has 1 aromatic carbocycles. The molecule has 1 rings (SSSR count). The smallest absolute Gasteiger partial charge is 0.226 e. The third kappa shape index (κ3) is 6.67.